The zero-order valence-corrected chi connectivity index (χ0v) is 22.7. The van der Waals surface area contributed by atoms with E-state index in [1.54, 1.807) is 18.2 Å². The third-order valence-corrected chi connectivity index (χ3v) is 7.27. The van der Waals surface area contributed by atoms with Crippen LogP contribution in [0.15, 0.2) is 108 Å². The van der Waals surface area contributed by atoms with E-state index in [4.69, 9.17) is 4.98 Å². The Bertz CT molecular complexity index is 1940. The molecular formula is C31H21IN4O3. The standard InChI is InChI=1S/C31H21IN4O3/c32-23-11-16-28-27(18-23)31(37)35(24-12-14-25(15-13-24)36(38)39)30(33-28)17-10-22-20-34(19-21-6-2-1-3-7-21)29-9-5-4-8-26(22)29/h1-18,20H,19H2. The number of para-hydroxylation sites is 1. The molecule has 7 nitrogen and oxygen atoms in total. The maximum absolute atomic E-state index is 13.7. The summed E-state index contributed by atoms with van der Waals surface area (Å²) in [4.78, 5) is 29.2. The summed E-state index contributed by atoms with van der Waals surface area (Å²) >= 11 is 2.17. The Morgan fingerprint density at radius 2 is 1.62 bits per heavy atom. The maximum atomic E-state index is 13.7. The number of nitro groups is 1. The van der Waals surface area contributed by atoms with Crippen LogP contribution in [-0.4, -0.2) is 19.0 Å². The zero-order chi connectivity index (χ0) is 26.9. The van der Waals surface area contributed by atoms with Crippen molar-refractivity contribution in [2.45, 2.75) is 6.54 Å². The molecule has 0 bridgehead atoms. The van der Waals surface area contributed by atoms with E-state index in [2.05, 4.69) is 57.6 Å². The monoisotopic (exact) mass is 624 g/mol. The van der Waals surface area contributed by atoms with E-state index >= 15 is 0 Å². The minimum absolute atomic E-state index is 0.0431. The molecule has 39 heavy (non-hydrogen) atoms. The smallest absolute Gasteiger partial charge is 0.269 e. The number of nitro benzene ring substituents is 1. The van der Waals surface area contributed by atoms with Gasteiger partial charge in [-0.25, -0.2) is 4.98 Å². The van der Waals surface area contributed by atoms with Crippen molar-refractivity contribution in [2.24, 2.45) is 0 Å². The highest BCUT2D eigenvalue weighted by atomic mass is 127. The number of benzene rings is 4. The molecule has 0 aliphatic heterocycles. The van der Waals surface area contributed by atoms with Crippen molar-refractivity contribution in [3.8, 4) is 5.69 Å². The van der Waals surface area contributed by atoms with E-state index in [0.717, 1.165) is 26.6 Å². The Morgan fingerprint density at radius 3 is 2.38 bits per heavy atom. The fourth-order valence-electron chi connectivity index (χ4n) is 4.74. The van der Waals surface area contributed by atoms with Crippen molar-refractivity contribution in [1.29, 1.82) is 0 Å². The molecule has 8 heteroatoms. The first-order chi connectivity index (χ1) is 19.0. The first kappa shape index (κ1) is 24.7. The zero-order valence-electron chi connectivity index (χ0n) is 20.6. The molecule has 0 fully saturated rings. The fraction of sp³-hybridized carbons (Fsp3) is 0.0323. The van der Waals surface area contributed by atoms with E-state index in [0.29, 0.717) is 22.4 Å². The molecule has 190 valence electrons. The Morgan fingerprint density at radius 1 is 0.872 bits per heavy atom. The third-order valence-electron chi connectivity index (χ3n) is 6.60. The van der Waals surface area contributed by atoms with Gasteiger partial charge in [0.05, 0.1) is 21.5 Å². The molecule has 6 aromatic rings. The number of nitrogens with zero attached hydrogens (tertiary/aromatic N) is 4. The lowest BCUT2D eigenvalue weighted by Gasteiger charge is -2.11. The van der Waals surface area contributed by atoms with Gasteiger partial charge in [0.1, 0.15) is 5.82 Å². The highest BCUT2D eigenvalue weighted by molar-refractivity contribution is 14.1. The lowest BCUT2D eigenvalue weighted by molar-refractivity contribution is -0.384. The van der Waals surface area contributed by atoms with Crippen molar-refractivity contribution in [2.75, 3.05) is 0 Å². The molecule has 0 N–H and O–H groups in total. The molecule has 0 unspecified atom stereocenters. The van der Waals surface area contributed by atoms with Crippen LogP contribution >= 0.6 is 22.6 Å². The van der Waals surface area contributed by atoms with Crippen LogP contribution in [0.4, 0.5) is 5.69 Å². The van der Waals surface area contributed by atoms with Gasteiger partial charge < -0.3 is 4.57 Å². The Balaban J connectivity index is 1.49. The Kier molecular flexibility index (Phi) is 6.54. The molecule has 0 atom stereocenters. The van der Waals surface area contributed by atoms with Crippen LogP contribution in [-0.2, 0) is 6.54 Å². The summed E-state index contributed by atoms with van der Waals surface area (Å²) in [5.74, 6) is 0.433. The third kappa shape index (κ3) is 4.86. The summed E-state index contributed by atoms with van der Waals surface area (Å²) in [5.41, 5.74) is 4.11. The van der Waals surface area contributed by atoms with E-state index in [1.165, 1.54) is 22.3 Å². The van der Waals surface area contributed by atoms with Crippen LogP contribution in [0.5, 0.6) is 0 Å². The van der Waals surface area contributed by atoms with Gasteiger partial charge in [-0.3, -0.25) is 19.5 Å². The highest BCUT2D eigenvalue weighted by Gasteiger charge is 2.14. The molecule has 0 spiro atoms. The summed E-state index contributed by atoms with van der Waals surface area (Å²) in [6, 6.07) is 30.0. The van der Waals surface area contributed by atoms with Crippen LogP contribution in [0.1, 0.15) is 17.0 Å². The number of fused-ring (bicyclic) bond motifs is 2. The number of aromatic nitrogens is 3. The van der Waals surface area contributed by atoms with Gasteiger partial charge in [-0.05, 0) is 76.7 Å². The minimum Gasteiger partial charge on any atom is -0.342 e. The van der Waals surface area contributed by atoms with Gasteiger partial charge in [-0.15, -0.1) is 0 Å². The molecule has 2 aromatic heterocycles. The van der Waals surface area contributed by atoms with E-state index in [-0.39, 0.29) is 11.2 Å². The summed E-state index contributed by atoms with van der Waals surface area (Å²) in [6.45, 7) is 0.732. The molecule has 6 rings (SSSR count). The predicted molar refractivity (Wildman–Crippen MR) is 163 cm³/mol. The Labute approximate surface area is 237 Å². The van der Waals surface area contributed by atoms with Crippen LogP contribution < -0.4 is 5.56 Å². The molecule has 2 heterocycles. The van der Waals surface area contributed by atoms with Crippen molar-refractivity contribution in [1.82, 2.24) is 14.1 Å². The van der Waals surface area contributed by atoms with Crippen LogP contribution in [0.25, 0.3) is 39.6 Å². The van der Waals surface area contributed by atoms with Crippen molar-refractivity contribution in [3.05, 3.63) is 144 Å². The van der Waals surface area contributed by atoms with Gasteiger partial charge in [0.25, 0.3) is 11.2 Å². The number of non-ortho nitro benzene ring substituents is 1. The number of hydrogen-bond acceptors (Lipinski definition) is 4. The molecule has 0 radical (unpaired) electrons. The van der Waals surface area contributed by atoms with Gasteiger partial charge in [0.15, 0.2) is 0 Å². The van der Waals surface area contributed by atoms with E-state index in [1.807, 2.05) is 54.6 Å². The second-order valence-corrected chi connectivity index (χ2v) is 10.3. The van der Waals surface area contributed by atoms with Crippen LogP contribution in [0.2, 0.25) is 0 Å². The molecule has 0 saturated carbocycles. The van der Waals surface area contributed by atoms with E-state index < -0.39 is 4.92 Å². The molecule has 0 amide bonds. The average molecular weight is 624 g/mol. The summed E-state index contributed by atoms with van der Waals surface area (Å²) in [7, 11) is 0. The lowest BCUT2D eigenvalue weighted by atomic mass is 10.1. The first-order valence-electron chi connectivity index (χ1n) is 12.2. The Hall–Kier alpha value is -4.57. The highest BCUT2D eigenvalue weighted by Crippen LogP contribution is 2.25. The lowest BCUT2D eigenvalue weighted by Crippen LogP contribution is -2.22. The van der Waals surface area contributed by atoms with Crippen molar-refractivity contribution < 1.29 is 4.92 Å². The molecular weight excluding hydrogens is 603 g/mol. The van der Waals surface area contributed by atoms with Crippen molar-refractivity contribution >= 4 is 62.2 Å². The largest absolute Gasteiger partial charge is 0.342 e. The van der Waals surface area contributed by atoms with Gasteiger partial charge >= 0.3 is 0 Å². The molecule has 0 aliphatic rings. The SMILES string of the molecule is O=c1c2cc(I)ccc2nc(C=Cc2cn(Cc3ccccc3)c3ccccc23)n1-c1ccc([N+](=O)[O-])cc1. The fourth-order valence-corrected chi connectivity index (χ4v) is 5.23. The normalized spacial score (nSPS) is 11.5. The summed E-state index contributed by atoms with van der Waals surface area (Å²) < 4.78 is 4.63. The second kappa shape index (κ2) is 10.3. The van der Waals surface area contributed by atoms with Gasteiger partial charge in [0.2, 0.25) is 0 Å². The summed E-state index contributed by atoms with van der Waals surface area (Å²) in [5, 5.41) is 12.8. The van der Waals surface area contributed by atoms with E-state index in [9.17, 15) is 14.9 Å². The molecule has 4 aromatic carbocycles. The number of halogens is 1. The first-order valence-corrected chi connectivity index (χ1v) is 13.3. The van der Waals surface area contributed by atoms with Crippen molar-refractivity contribution in [3.63, 3.8) is 0 Å². The second-order valence-electron chi connectivity index (χ2n) is 9.09. The van der Waals surface area contributed by atoms with Gasteiger partial charge in [-0.2, -0.15) is 0 Å². The minimum atomic E-state index is -0.459. The average Bonchev–Trinajstić information content (AvgIpc) is 3.30. The van der Waals surface area contributed by atoms with Gasteiger partial charge in [0, 0.05) is 44.9 Å². The quantitative estimate of drug-likeness (QED) is 0.113. The van der Waals surface area contributed by atoms with Crippen LogP contribution in [0, 0.1) is 13.7 Å². The summed E-state index contributed by atoms with van der Waals surface area (Å²) in [6.07, 6.45) is 5.90. The number of rotatable bonds is 6. The molecule has 0 aliphatic carbocycles. The van der Waals surface area contributed by atoms with Crippen LogP contribution in [0.3, 0.4) is 0 Å². The van der Waals surface area contributed by atoms with Gasteiger partial charge in [-0.1, -0.05) is 48.5 Å². The molecule has 0 saturated heterocycles. The predicted octanol–water partition coefficient (Wildman–Crippen LogP) is 7.07. The topological polar surface area (TPSA) is 83.0 Å². The number of hydrogen-bond donors (Lipinski definition) is 0. The maximum Gasteiger partial charge on any atom is 0.269 e.